The molecule has 94 valence electrons. The Morgan fingerprint density at radius 2 is 2.12 bits per heavy atom. The monoisotopic (exact) mass is 230 g/mol. The summed E-state index contributed by atoms with van der Waals surface area (Å²) in [5.74, 6) is 0.0730. The average Bonchev–Trinajstić information content (AvgIpc) is 3.09. The fourth-order valence-electron chi connectivity index (χ4n) is 1.23. The minimum absolute atomic E-state index is 0.0730. The third kappa shape index (κ3) is 7.62. The van der Waals surface area contributed by atoms with E-state index < -0.39 is 0 Å². The predicted molar refractivity (Wildman–Crippen MR) is 61.3 cm³/mol. The molecular weight excluding hydrogens is 208 g/mol. The van der Waals surface area contributed by atoms with Gasteiger partial charge in [-0.15, -0.1) is 0 Å². The summed E-state index contributed by atoms with van der Waals surface area (Å²) >= 11 is 0. The molecule has 0 aromatic carbocycles. The van der Waals surface area contributed by atoms with Gasteiger partial charge in [0, 0.05) is 26.3 Å². The van der Waals surface area contributed by atoms with Crippen molar-refractivity contribution >= 4 is 5.91 Å². The van der Waals surface area contributed by atoms with Gasteiger partial charge in [-0.05, 0) is 19.3 Å². The number of carbonyl (C=O) groups is 1. The molecule has 0 radical (unpaired) electrons. The van der Waals surface area contributed by atoms with E-state index in [1.807, 2.05) is 0 Å². The van der Waals surface area contributed by atoms with E-state index in [2.05, 4.69) is 10.6 Å². The Hall–Kier alpha value is -0.650. The van der Waals surface area contributed by atoms with Crippen molar-refractivity contribution in [1.82, 2.24) is 10.6 Å². The zero-order valence-electron chi connectivity index (χ0n) is 9.96. The topological polar surface area (TPSA) is 59.6 Å². The van der Waals surface area contributed by atoms with Crippen LogP contribution >= 0.6 is 0 Å². The smallest absolute Gasteiger partial charge is 0.233 e. The number of rotatable bonds is 10. The minimum Gasteiger partial charge on any atom is -0.382 e. The lowest BCUT2D eigenvalue weighted by Crippen LogP contribution is -2.35. The quantitative estimate of drug-likeness (QED) is 0.515. The summed E-state index contributed by atoms with van der Waals surface area (Å²) in [6.45, 7) is 3.03. The van der Waals surface area contributed by atoms with E-state index in [4.69, 9.17) is 9.47 Å². The lowest BCUT2D eigenvalue weighted by atomic mass is 10.4. The van der Waals surface area contributed by atoms with Crippen LogP contribution in [-0.2, 0) is 14.3 Å². The fourth-order valence-corrected chi connectivity index (χ4v) is 1.23. The first-order chi connectivity index (χ1) is 7.83. The van der Waals surface area contributed by atoms with Gasteiger partial charge in [-0.3, -0.25) is 4.79 Å². The van der Waals surface area contributed by atoms with Crippen molar-refractivity contribution in [3.63, 3.8) is 0 Å². The summed E-state index contributed by atoms with van der Waals surface area (Å²) in [6.07, 6.45) is 3.26. The molecular formula is C11H22N2O3. The van der Waals surface area contributed by atoms with Crippen LogP contribution in [0.15, 0.2) is 0 Å². The minimum atomic E-state index is 0.0730. The van der Waals surface area contributed by atoms with Gasteiger partial charge >= 0.3 is 0 Å². The maximum atomic E-state index is 11.3. The van der Waals surface area contributed by atoms with Crippen molar-refractivity contribution in [2.45, 2.75) is 25.3 Å². The zero-order valence-corrected chi connectivity index (χ0v) is 9.96. The Kier molecular flexibility index (Phi) is 7.12. The van der Waals surface area contributed by atoms with Crippen LogP contribution in [0.3, 0.4) is 0 Å². The van der Waals surface area contributed by atoms with Crippen molar-refractivity contribution in [3.05, 3.63) is 0 Å². The molecule has 0 saturated heterocycles. The number of methoxy groups -OCH3 is 1. The first-order valence-corrected chi connectivity index (χ1v) is 5.89. The molecule has 0 unspecified atom stereocenters. The summed E-state index contributed by atoms with van der Waals surface area (Å²) < 4.78 is 10.1. The van der Waals surface area contributed by atoms with Crippen LogP contribution in [0.4, 0.5) is 0 Å². The van der Waals surface area contributed by atoms with Crippen LogP contribution in [0, 0.1) is 0 Å². The largest absolute Gasteiger partial charge is 0.382 e. The van der Waals surface area contributed by atoms with E-state index in [-0.39, 0.29) is 5.91 Å². The summed E-state index contributed by atoms with van der Waals surface area (Å²) in [5.41, 5.74) is 0. The normalized spacial score (nSPS) is 15.1. The molecule has 5 heteroatoms. The maximum absolute atomic E-state index is 11.3. The van der Waals surface area contributed by atoms with Gasteiger partial charge in [-0.25, -0.2) is 0 Å². The van der Waals surface area contributed by atoms with Crippen molar-refractivity contribution < 1.29 is 14.3 Å². The first kappa shape index (κ1) is 13.4. The van der Waals surface area contributed by atoms with Crippen molar-refractivity contribution in [1.29, 1.82) is 0 Å². The van der Waals surface area contributed by atoms with Crippen LogP contribution in [0.25, 0.3) is 0 Å². The Morgan fingerprint density at radius 3 is 2.81 bits per heavy atom. The van der Waals surface area contributed by atoms with Crippen LogP contribution in [-0.4, -0.2) is 52.0 Å². The van der Waals surface area contributed by atoms with Crippen LogP contribution in [0.2, 0.25) is 0 Å². The third-order valence-electron chi connectivity index (χ3n) is 2.35. The van der Waals surface area contributed by atoms with Gasteiger partial charge in [-0.1, -0.05) is 0 Å². The highest BCUT2D eigenvalue weighted by molar-refractivity contribution is 5.77. The predicted octanol–water partition coefficient (Wildman–Crippen LogP) is -0.0923. The molecule has 0 atom stereocenters. The summed E-state index contributed by atoms with van der Waals surface area (Å²) in [4.78, 5) is 11.3. The zero-order chi connectivity index (χ0) is 11.6. The Balaban J connectivity index is 1.76. The van der Waals surface area contributed by atoms with Gasteiger partial charge in [0.05, 0.1) is 19.8 Å². The second-order valence-electron chi connectivity index (χ2n) is 3.96. The van der Waals surface area contributed by atoms with E-state index in [1.54, 1.807) is 7.11 Å². The van der Waals surface area contributed by atoms with Gasteiger partial charge in [-0.2, -0.15) is 0 Å². The van der Waals surface area contributed by atoms with Gasteiger partial charge in [0.2, 0.25) is 5.91 Å². The standard InChI is InChI=1S/C11H22N2O3/c1-15-7-8-16-6-2-5-12-11(14)9-13-10-3-4-10/h10,13H,2-9H2,1H3,(H,12,14). The lowest BCUT2D eigenvalue weighted by molar-refractivity contribution is -0.120. The first-order valence-electron chi connectivity index (χ1n) is 5.89. The second-order valence-corrected chi connectivity index (χ2v) is 3.96. The molecule has 2 N–H and O–H groups in total. The van der Waals surface area contributed by atoms with E-state index in [0.717, 1.165) is 6.42 Å². The highest BCUT2D eigenvalue weighted by atomic mass is 16.5. The molecule has 0 spiro atoms. The molecule has 0 aliphatic heterocycles. The van der Waals surface area contributed by atoms with Crippen molar-refractivity contribution in [2.24, 2.45) is 0 Å². The highest BCUT2D eigenvalue weighted by Gasteiger charge is 2.20. The van der Waals surface area contributed by atoms with Crippen molar-refractivity contribution in [2.75, 3.05) is 40.0 Å². The molecule has 16 heavy (non-hydrogen) atoms. The Labute approximate surface area is 96.9 Å². The number of carbonyl (C=O) groups excluding carboxylic acids is 1. The van der Waals surface area contributed by atoms with Crippen molar-refractivity contribution in [3.8, 4) is 0 Å². The SMILES string of the molecule is COCCOCCCNC(=O)CNC1CC1. The number of hydrogen-bond acceptors (Lipinski definition) is 4. The van der Waals surface area contributed by atoms with Crippen LogP contribution in [0.1, 0.15) is 19.3 Å². The number of hydrogen-bond donors (Lipinski definition) is 2. The molecule has 1 saturated carbocycles. The number of amides is 1. The molecule has 5 nitrogen and oxygen atoms in total. The third-order valence-corrected chi connectivity index (χ3v) is 2.35. The molecule has 0 heterocycles. The van der Waals surface area contributed by atoms with E-state index in [9.17, 15) is 4.79 Å². The summed E-state index contributed by atoms with van der Waals surface area (Å²) in [7, 11) is 1.65. The Morgan fingerprint density at radius 1 is 1.31 bits per heavy atom. The molecule has 0 aromatic rings. The molecule has 1 rings (SSSR count). The molecule has 1 aliphatic carbocycles. The molecule has 1 fully saturated rings. The Bertz CT molecular complexity index is 196. The van der Waals surface area contributed by atoms with Gasteiger partial charge in [0.25, 0.3) is 0 Å². The van der Waals surface area contributed by atoms with Gasteiger partial charge < -0.3 is 20.1 Å². The van der Waals surface area contributed by atoms with Gasteiger partial charge in [0.1, 0.15) is 0 Å². The second kappa shape index (κ2) is 8.50. The maximum Gasteiger partial charge on any atom is 0.233 e. The van der Waals surface area contributed by atoms with Crippen LogP contribution < -0.4 is 10.6 Å². The lowest BCUT2D eigenvalue weighted by Gasteiger charge is -2.06. The van der Waals surface area contributed by atoms with E-state index in [0.29, 0.717) is 39.0 Å². The highest BCUT2D eigenvalue weighted by Crippen LogP contribution is 2.17. The molecule has 1 amide bonds. The van der Waals surface area contributed by atoms with Gasteiger partial charge in [0.15, 0.2) is 0 Å². The van der Waals surface area contributed by atoms with E-state index >= 15 is 0 Å². The summed E-state index contributed by atoms with van der Waals surface area (Å²) in [5, 5.41) is 6.01. The molecule has 0 bridgehead atoms. The summed E-state index contributed by atoms with van der Waals surface area (Å²) in [6, 6.07) is 0.586. The average molecular weight is 230 g/mol. The number of nitrogens with one attached hydrogen (secondary N) is 2. The van der Waals surface area contributed by atoms with Crippen LogP contribution in [0.5, 0.6) is 0 Å². The molecule has 1 aliphatic rings. The number of ether oxygens (including phenoxy) is 2. The fraction of sp³-hybridized carbons (Fsp3) is 0.909. The molecule has 0 aromatic heterocycles. The van der Waals surface area contributed by atoms with E-state index in [1.165, 1.54) is 12.8 Å².